The number of benzene rings is 2. The highest BCUT2D eigenvalue weighted by molar-refractivity contribution is 5.83. The molecule has 2 aromatic rings. The van der Waals surface area contributed by atoms with Gasteiger partial charge in [-0.2, -0.15) is 10.5 Å². The number of fused-ring (bicyclic) bond motifs is 1. The van der Waals surface area contributed by atoms with Crippen molar-refractivity contribution in [3.05, 3.63) is 65.2 Å². The van der Waals surface area contributed by atoms with Gasteiger partial charge in [-0.15, -0.1) is 4.99 Å². The van der Waals surface area contributed by atoms with Crippen molar-refractivity contribution in [2.24, 2.45) is 4.99 Å². The molecule has 1 N–H and O–H groups in total. The lowest BCUT2D eigenvalue weighted by Gasteiger charge is -2.45. The molecule has 0 radical (unpaired) electrons. The molecule has 0 bridgehead atoms. The molecule has 152 valence electrons. The number of hydrogen-bond donors (Lipinski definition) is 1. The van der Waals surface area contributed by atoms with Crippen LogP contribution in [0.4, 0.5) is 0 Å². The average Bonchev–Trinajstić information content (AvgIpc) is 3.11. The predicted octanol–water partition coefficient (Wildman–Crippen LogP) is 2.79. The van der Waals surface area contributed by atoms with Crippen LogP contribution in [0.5, 0.6) is 5.75 Å². The van der Waals surface area contributed by atoms with E-state index in [1.165, 1.54) is 0 Å². The van der Waals surface area contributed by atoms with Crippen LogP contribution in [0.3, 0.4) is 0 Å². The third-order valence-electron chi connectivity index (χ3n) is 5.69. The number of aliphatic hydroxyl groups excluding tert-OH is 1. The fourth-order valence-corrected chi connectivity index (χ4v) is 4.18. The molecule has 2 unspecified atom stereocenters. The van der Waals surface area contributed by atoms with E-state index in [1.807, 2.05) is 60.2 Å². The first-order valence-corrected chi connectivity index (χ1v) is 9.88. The van der Waals surface area contributed by atoms with Gasteiger partial charge in [0.1, 0.15) is 17.5 Å². The number of guanidine groups is 1. The smallest absolute Gasteiger partial charge is 0.213 e. The first-order chi connectivity index (χ1) is 14.4. The fraction of sp³-hybridized carbons (Fsp3) is 0.348. The summed E-state index contributed by atoms with van der Waals surface area (Å²) in [5, 5.41) is 29.9. The van der Waals surface area contributed by atoms with Gasteiger partial charge in [0, 0.05) is 25.2 Å². The zero-order chi connectivity index (χ0) is 21.3. The molecule has 4 rings (SSSR count). The van der Waals surface area contributed by atoms with Crippen molar-refractivity contribution in [1.82, 2.24) is 9.80 Å². The minimum Gasteiger partial charge on any atom is -0.485 e. The van der Waals surface area contributed by atoms with Crippen molar-refractivity contribution in [1.29, 1.82) is 10.5 Å². The Morgan fingerprint density at radius 1 is 1.17 bits per heavy atom. The highest BCUT2D eigenvalue weighted by Gasteiger charge is 2.48. The Balaban J connectivity index is 1.74. The van der Waals surface area contributed by atoms with Crippen LogP contribution < -0.4 is 4.74 Å². The monoisotopic (exact) mass is 401 g/mol. The van der Waals surface area contributed by atoms with E-state index < -0.39 is 17.7 Å². The Morgan fingerprint density at radius 2 is 1.93 bits per heavy atom. The van der Waals surface area contributed by atoms with Crippen molar-refractivity contribution in [3.63, 3.8) is 0 Å². The highest BCUT2D eigenvalue weighted by atomic mass is 16.5. The zero-order valence-electron chi connectivity index (χ0n) is 17.0. The van der Waals surface area contributed by atoms with Crippen molar-refractivity contribution >= 4 is 5.96 Å². The number of nitriles is 2. The highest BCUT2D eigenvalue weighted by Crippen LogP contribution is 2.44. The molecule has 30 heavy (non-hydrogen) atoms. The Labute approximate surface area is 176 Å². The van der Waals surface area contributed by atoms with E-state index in [2.05, 4.69) is 11.1 Å². The molecule has 2 atom stereocenters. The molecule has 1 fully saturated rings. The van der Waals surface area contributed by atoms with Gasteiger partial charge in [0.15, 0.2) is 0 Å². The van der Waals surface area contributed by atoms with Gasteiger partial charge in [-0.3, -0.25) is 0 Å². The van der Waals surface area contributed by atoms with Crippen LogP contribution in [0, 0.1) is 22.8 Å². The fourth-order valence-electron chi connectivity index (χ4n) is 4.18. The van der Waals surface area contributed by atoms with Crippen LogP contribution in [0.15, 0.2) is 53.5 Å². The van der Waals surface area contributed by atoms with Gasteiger partial charge in [0.2, 0.25) is 12.2 Å². The molecule has 0 saturated carbocycles. The van der Waals surface area contributed by atoms with Gasteiger partial charge in [0.25, 0.3) is 0 Å². The molecule has 2 aliphatic heterocycles. The van der Waals surface area contributed by atoms with Crippen molar-refractivity contribution in [2.75, 3.05) is 13.1 Å². The number of rotatable bonds is 3. The number of aliphatic imine (C=N–C) groups is 1. The summed E-state index contributed by atoms with van der Waals surface area (Å²) in [5.41, 5.74) is 1.50. The van der Waals surface area contributed by atoms with Crippen molar-refractivity contribution in [2.45, 2.75) is 38.1 Å². The van der Waals surface area contributed by atoms with Crippen molar-refractivity contribution < 1.29 is 9.84 Å². The Morgan fingerprint density at radius 3 is 2.63 bits per heavy atom. The maximum Gasteiger partial charge on any atom is 0.213 e. The second-order valence-electron chi connectivity index (χ2n) is 8.07. The topological polar surface area (TPSA) is 95.9 Å². The van der Waals surface area contributed by atoms with Crippen LogP contribution in [0.25, 0.3) is 0 Å². The molecule has 0 aliphatic carbocycles. The quantitative estimate of drug-likeness (QED) is 0.795. The van der Waals surface area contributed by atoms with Crippen LogP contribution in [0.2, 0.25) is 0 Å². The number of hydrogen-bond acceptors (Lipinski definition) is 5. The summed E-state index contributed by atoms with van der Waals surface area (Å²) in [4.78, 5) is 8.12. The van der Waals surface area contributed by atoms with Gasteiger partial charge >= 0.3 is 0 Å². The summed E-state index contributed by atoms with van der Waals surface area (Å²) >= 11 is 0. The van der Waals surface area contributed by atoms with Crippen LogP contribution in [-0.2, 0) is 6.54 Å². The molecule has 0 spiro atoms. The molecule has 2 aliphatic rings. The van der Waals surface area contributed by atoms with Gasteiger partial charge in [-0.05, 0) is 37.6 Å². The summed E-state index contributed by atoms with van der Waals surface area (Å²) in [7, 11) is 0. The normalized spacial score (nSPS) is 23.4. The zero-order valence-corrected chi connectivity index (χ0v) is 17.0. The van der Waals surface area contributed by atoms with Crippen LogP contribution in [0.1, 0.15) is 36.6 Å². The summed E-state index contributed by atoms with van der Waals surface area (Å²) < 4.78 is 6.03. The third kappa shape index (κ3) is 3.45. The van der Waals surface area contributed by atoms with E-state index in [4.69, 9.17) is 4.74 Å². The predicted molar refractivity (Wildman–Crippen MR) is 111 cm³/mol. The molecular weight excluding hydrogens is 378 g/mol. The molecular formula is C23H23N5O2. The molecule has 2 heterocycles. The largest absolute Gasteiger partial charge is 0.485 e. The van der Waals surface area contributed by atoms with Gasteiger partial charge < -0.3 is 19.6 Å². The maximum atomic E-state index is 11.2. The van der Waals surface area contributed by atoms with Gasteiger partial charge in [-0.25, -0.2) is 0 Å². The lowest BCUT2D eigenvalue weighted by Crippen LogP contribution is -2.54. The Kier molecular flexibility index (Phi) is 5.07. The SMILES string of the molecule is CC1(C)Oc2ccc(C#N)cc2C(N2CCN(Cc3ccccc3)C2=NC#N)C1O. The summed E-state index contributed by atoms with van der Waals surface area (Å²) in [6, 6.07) is 16.9. The summed E-state index contributed by atoms with van der Waals surface area (Å²) in [5.74, 6) is 1.16. The minimum atomic E-state index is -0.875. The Bertz CT molecular complexity index is 1050. The van der Waals surface area contributed by atoms with Crippen LogP contribution >= 0.6 is 0 Å². The molecule has 2 aromatic carbocycles. The van der Waals surface area contributed by atoms with E-state index in [0.717, 1.165) is 11.1 Å². The minimum absolute atomic E-state index is 0.482. The summed E-state index contributed by atoms with van der Waals surface area (Å²) in [6.07, 6.45) is 1.04. The molecule has 0 aromatic heterocycles. The number of ether oxygens (including phenoxy) is 1. The first-order valence-electron chi connectivity index (χ1n) is 9.88. The molecule has 0 amide bonds. The van der Waals surface area contributed by atoms with E-state index in [9.17, 15) is 15.6 Å². The third-order valence-corrected chi connectivity index (χ3v) is 5.69. The second-order valence-corrected chi connectivity index (χ2v) is 8.07. The molecule has 7 nitrogen and oxygen atoms in total. The first kappa shape index (κ1) is 19.8. The van der Waals surface area contributed by atoms with Gasteiger partial charge in [-0.1, -0.05) is 30.3 Å². The second kappa shape index (κ2) is 7.70. The van der Waals surface area contributed by atoms with Crippen molar-refractivity contribution in [3.8, 4) is 18.0 Å². The summed E-state index contributed by atoms with van der Waals surface area (Å²) in [6.45, 7) is 5.57. The standard InChI is InChI=1S/C23H23N5O2/c1-23(2)21(29)20(18-12-17(13-24)8-9-19(18)30-23)28-11-10-27(22(28)26-15-25)14-16-6-4-3-5-7-16/h3-9,12,20-21,29H,10-11,14H2,1-2H3. The van der Waals surface area contributed by atoms with E-state index in [-0.39, 0.29) is 0 Å². The molecule has 1 saturated heterocycles. The Hall–Kier alpha value is -3.55. The average molecular weight is 401 g/mol. The number of nitrogens with zero attached hydrogens (tertiary/aromatic N) is 5. The number of aliphatic hydroxyl groups is 1. The van der Waals surface area contributed by atoms with E-state index in [1.54, 1.807) is 18.2 Å². The van der Waals surface area contributed by atoms with Crippen LogP contribution in [-0.4, -0.2) is 45.7 Å². The maximum absolute atomic E-state index is 11.2. The lowest BCUT2D eigenvalue weighted by molar-refractivity contribution is -0.0801. The molecule has 7 heteroatoms. The lowest BCUT2D eigenvalue weighted by atomic mass is 9.85. The van der Waals surface area contributed by atoms with E-state index in [0.29, 0.717) is 36.9 Å². The van der Waals surface area contributed by atoms with E-state index >= 15 is 0 Å². The van der Waals surface area contributed by atoms with Gasteiger partial charge in [0.05, 0.1) is 17.7 Å².